The largest absolute Gasteiger partial charge is 0.360 e. The van der Waals surface area contributed by atoms with Gasteiger partial charge in [0.2, 0.25) is 5.91 Å². The molecule has 1 amide bonds. The van der Waals surface area contributed by atoms with Gasteiger partial charge in [-0.1, -0.05) is 60.7 Å². The van der Waals surface area contributed by atoms with E-state index in [1.54, 1.807) is 0 Å². The quantitative estimate of drug-likeness (QED) is 0.651. The van der Waals surface area contributed by atoms with Gasteiger partial charge in [-0.25, -0.2) is 9.97 Å². The lowest BCUT2D eigenvalue weighted by Gasteiger charge is -2.34. The fraction of sp³-hybridized carbons (Fsp3) is 0.320. The fourth-order valence-corrected chi connectivity index (χ4v) is 4.12. The maximum atomic E-state index is 13.8. The molecule has 0 saturated heterocycles. The highest BCUT2D eigenvalue weighted by molar-refractivity contribution is 5.87. The van der Waals surface area contributed by atoms with Gasteiger partial charge in [-0.05, 0) is 25.0 Å². The van der Waals surface area contributed by atoms with Gasteiger partial charge in [-0.2, -0.15) is 0 Å². The van der Waals surface area contributed by atoms with E-state index in [4.69, 9.17) is 0 Å². The molecule has 0 N–H and O–H groups in total. The Morgan fingerprint density at radius 3 is 2.20 bits per heavy atom. The van der Waals surface area contributed by atoms with Crippen LogP contribution in [-0.2, 0) is 17.8 Å². The van der Waals surface area contributed by atoms with E-state index in [-0.39, 0.29) is 11.8 Å². The van der Waals surface area contributed by atoms with E-state index in [1.165, 1.54) is 0 Å². The molecule has 0 bridgehead atoms. The van der Waals surface area contributed by atoms with Gasteiger partial charge in [0.25, 0.3) is 0 Å². The van der Waals surface area contributed by atoms with Gasteiger partial charge < -0.3 is 9.80 Å². The highest BCUT2D eigenvalue weighted by Crippen LogP contribution is 2.31. The number of aromatic nitrogens is 2. The molecule has 0 unspecified atom stereocenters. The van der Waals surface area contributed by atoms with Gasteiger partial charge >= 0.3 is 0 Å². The number of carbonyl (C=O) groups excluding carboxylic acids is 1. The van der Waals surface area contributed by atoms with Crippen LogP contribution in [0.1, 0.15) is 41.1 Å². The Morgan fingerprint density at radius 1 is 1.03 bits per heavy atom. The molecule has 2 aromatic carbocycles. The van der Waals surface area contributed by atoms with Gasteiger partial charge in [0.15, 0.2) is 0 Å². The lowest BCUT2D eigenvalue weighted by Crippen LogP contribution is -2.40. The Kier molecular flexibility index (Phi) is 5.79. The fourth-order valence-electron chi connectivity index (χ4n) is 4.12. The van der Waals surface area contributed by atoms with Crippen LogP contribution in [0.2, 0.25) is 0 Å². The maximum absolute atomic E-state index is 13.8. The van der Waals surface area contributed by atoms with Gasteiger partial charge in [-0.15, -0.1) is 0 Å². The number of aryl methyl sites for hydroxylation is 1. The molecular weight excluding hydrogens is 372 g/mol. The summed E-state index contributed by atoms with van der Waals surface area (Å²) in [6.45, 7) is 6.12. The van der Waals surface area contributed by atoms with Crippen LogP contribution >= 0.6 is 0 Å². The minimum Gasteiger partial charge on any atom is -0.360 e. The molecule has 2 heterocycles. The van der Waals surface area contributed by atoms with E-state index in [1.807, 2.05) is 79.5 Å². The third kappa shape index (κ3) is 3.92. The number of benzene rings is 2. The molecule has 3 aromatic rings. The van der Waals surface area contributed by atoms with Crippen LogP contribution in [0.4, 0.5) is 5.82 Å². The number of amides is 1. The minimum absolute atomic E-state index is 0.128. The number of hydrogen-bond donors (Lipinski definition) is 0. The number of anilines is 1. The third-order valence-electron chi connectivity index (χ3n) is 5.81. The van der Waals surface area contributed by atoms with Crippen LogP contribution < -0.4 is 4.90 Å². The molecule has 1 aromatic heterocycles. The Morgan fingerprint density at radius 2 is 1.63 bits per heavy atom. The van der Waals surface area contributed by atoms with Crippen molar-refractivity contribution in [3.8, 4) is 0 Å². The number of carbonyl (C=O) groups is 1. The van der Waals surface area contributed by atoms with Crippen molar-refractivity contribution in [3.05, 3.63) is 88.9 Å². The first kappa shape index (κ1) is 20.1. The van der Waals surface area contributed by atoms with E-state index < -0.39 is 0 Å². The zero-order chi connectivity index (χ0) is 21.1. The summed E-state index contributed by atoms with van der Waals surface area (Å²) in [6.07, 6.45) is 0.755. The van der Waals surface area contributed by atoms with Crippen LogP contribution in [0.5, 0.6) is 0 Å². The Labute approximate surface area is 178 Å². The van der Waals surface area contributed by atoms with Crippen molar-refractivity contribution in [2.24, 2.45) is 0 Å². The number of nitrogens with zero attached hydrogens (tertiary/aromatic N) is 4. The Hall–Kier alpha value is -3.21. The van der Waals surface area contributed by atoms with Crippen LogP contribution in [0, 0.1) is 6.92 Å². The topological polar surface area (TPSA) is 49.3 Å². The summed E-state index contributed by atoms with van der Waals surface area (Å²) >= 11 is 0. The van der Waals surface area contributed by atoms with E-state index in [9.17, 15) is 4.79 Å². The molecule has 0 radical (unpaired) electrons. The van der Waals surface area contributed by atoms with Crippen LogP contribution in [0.3, 0.4) is 0 Å². The zero-order valence-electron chi connectivity index (χ0n) is 17.9. The molecule has 154 valence electrons. The predicted molar refractivity (Wildman–Crippen MR) is 120 cm³/mol. The van der Waals surface area contributed by atoms with Gasteiger partial charge in [0, 0.05) is 32.1 Å². The lowest BCUT2D eigenvalue weighted by atomic mass is 9.89. The monoisotopic (exact) mass is 400 g/mol. The van der Waals surface area contributed by atoms with E-state index in [0.717, 1.165) is 47.0 Å². The second-order valence-electron chi connectivity index (χ2n) is 7.80. The van der Waals surface area contributed by atoms with Gasteiger partial charge in [0.05, 0.1) is 18.2 Å². The van der Waals surface area contributed by atoms with Crippen molar-refractivity contribution in [2.45, 2.75) is 32.7 Å². The van der Waals surface area contributed by atoms with Crippen molar-refractivity contribution in [3.63, 3.8) is 0 Å². The third-order valence-corrected chi connectivity index (χ3v) is 5.81. The second-order valence-corrected chi connectivity index (χ2v) is 7.80. The summed E-state index contributed by atoms with van der Waals surface area (Å²) in [5.74, 6) is 1.54. The van der Waals surface area contributed by atoms with E-state index >= 15 is 0 Å². The molecule has 0 spiro atoms. The average Bonchev–Trinajstić information content (AvgIpc) is 2.79. The number of rotatable bonds is 5. The first-order valence-corrected chi connectivity index (χ1v) is 10.5. The molecule has 30 heavy (non-hydrogen) atoms. The maximum Gasteiger partial charge on any atom is 0.234 e. The van der Waals surface area contributed by atoms with E-state index in [0.29, 0.717) is 13.1 Å². The normalized spacial score (nSPS) is 13.3. The summed E-state index contributed by atoms with van der Waals surface area (Å²) < 4.78 is 0. The summed E-state index contributed by atoms with van der Waals surface area (Å²) in [6, 6.07) is 20.1. The van der Waals surface area contributed by atoms with Crippen LogP contribution in [0.25, 0.3) is 0 Å². The van der Waals surface area contributed by atoms with Crippen molar-refractivity contribution < 1.29 is 4.79 Å². The minimum atomic E-state index is -0.312. The molecule has 5 heteroatoms. The summed E-state index contributed by atoms with van der Waals surface area (Å²) in [7, 11) is 2.04. The van der Waals surface area contributed by atoms with Gasteiger partial charge in [-0.3, -0.25) is 4.79 Å². The van der Waals surface area contributed by atoms with E-state index in [2.05, 4.69) is 21.8 Å². The smallest absolute Gasteiger partial charge is 0.234 e. The first-order chi connectivity index (χ1) is 14.6. The molecular formula is C25H28N4O. The number of hydrogen-bond acceptors (Lipinski definition) is 4. The van der Waals surface area contributed by atoms with Crippen LogP contribution in [-0.4, -0.2) is 40.9 Å². The lowest BCUT2D eigenvalue weighted by molar-refractivity contribution is -0.132. The Balaban J connectivity index is 1.70. The van der Waals surface area contributed by atoms with Crippen molar-refractivity contribution in [1.29, 1.82) is 0 Å². The highest BCUT2D eigenvalue weighted by Gasteiger charge is 2.31. The SMILES string of the molecule is CCN(C)c1nc(C)nc2c1CN(C(=O)C(c1ccccc1)c1ccccc1)CC2. The summed E-state index contributed by atoms with van der Waals surface area (Å²) in [4.78, 5) is 27.3. The first-order valence-electron chi connectivity index (χ1n) is 10.5. The molecule has 0 aliphatic carbocycles. The standard InChI is InChI=1S/C25H28N4O/c1-4-28(3)24-21-17-29(16-15-22(21)26-18(2)27-24)25(30)23(19-11-7-5-8-12-19)20-13-9-6-10-14-20/h5-14,23H,4,15-17H2,1-3H3. The zero-order valence-corrected chi connectivity index (χ0v) is 17.9. The molecule has 0 fully saturated rings. The molecule has 0 atom stereocenters. The molecule has 4 rings (SSSR count). The predicted octanol–water partition coefficient (Wildman–Crippen LogP) is 3.96. The van der Waals surface area contributed by atoms with Crippen molar-refractivity contribution in [2.75, 3.05) is 25.0 Å². The molecule has 1 aliphatic rings. The molecule has 1 aliphatic heterocycles. The highest BCUT2D eigenvalue weighted by atomic mass is 16.2. The average molecular weight is 401 g/mol. The second kappa shape index (κ2) is 8.66. The van der Waals surface area contributed by atoms with Crippen molar-refractivity contribution >= 4 is 11.7 Å². The number of fused-ring (bicyclic) bond motifs is 1. The van der Waals surface area contributed by atoms with Crippen LogP contribution in [0.15, 0.2) is 60.7 Å². The molecule has 0 saturated carbocycles. The summed E-state index contributed by atoms with van der Waals surface area (Å²) in [5.41, 5.74) is 4.18. The Bertz CT molecular complexity index is 981. The molecule has 5 nitrogen and oxygen atoms in total. The van der Waals surface area contributed by atoms with Crippen molar-refractivity contribution in [1.82, 2.24) is 14.9 Å². The van der Waals surface area contributed by atoms with Gasteiger partial charge in [0.1, 0.15) is 11.6 Å². The summed E-state index contributed by atoms with van der Waals surface area (Å²) in [5, 5.41) is 0.